The van der Waals surface area contributed by atoms with E-state index in [4.69, 9.17) is 0 Å². The van der Waals surface area contributed by atoms with E-state index < -0.39 is 0 Å². The lowest BCUT2D eigenvalue weighted by molar-refractivity contribution is -0.134. The zero-order valence-electron chi connectivity index (χ0n) is 12.8. The van der Waals surface area contributed by atoms with Gasteiger partial charge in [-0.05, 0) is 26.0 Å². The number of rotatable bonds is 2. The van der Waals surface area contributed by atoms with Crippen molar-refractivity contribution in [3.63, 3.8) is 0 Å². The summed E-state index contributed by atoms with van der Waals surface area (Å²) in [5.41, 5.74) is 1.70. The largest absolute Gasteiger partial charge is 0.336 e. The first kappa shape index (κ1) is 14.7. The van der Waals surface area contributed by atoms with E-state index in [-0.39, 0.29) is 30.3 Å². The zero-order chi connectivity index (χ0) is 15.9. The maximum absolute atomic E-state index is 12.4. The van der Waals surface area contributed by atoms with Crippen molar-refractivity contribution in [1.29, 1.82) is 0 Å². The molecule has 0 bridgehead atoms. The Labute approximate surface area is 129 Å². The number of hydrogen-bond donors (Lipinski definition) is 1. The minimum atomic E-state index is -0.379. The normalized spacial score (nSPS) is 21.3. The molecule has 1 atom stereocenters. The van der Waals surface area contributed by atoms with Crippen LogP contribution in [0.2, 0.25) is 0 Å². The van der Waals surface area contributed by atoms with Crippen LogP contribution in [0.15, 0.2) is 18.2 Å². The molecule has 3 amide bonds. The van der Waals surface area contributed by atoms with Gasteiger partial charge in [-0.15, -0.1) is 0 Å². The first-order valence-corrected chi connectivity index (χ1v) is 7.46. The average molecular weight is 301 g/mol. The highest BCUT2D eigenvalue weighted by Crippen LogP contribution is 2.24. The Hall–Kier alpha value is -2.21. The maximum atomic E-state index is 12.4. The molecule has 0 aromatic heterocycles. The van der Waals surface area contributed by atoms with Crippen LogP contribution in [-0.4, -0.2) is 59.7 Å². The molecule has 1 saturated heterocycles. The van der Waals surface area contributed by atoms with Gasteiger partial charge in [0.1, 0.15) is 6.54 Å². The van der Waals surface area contributed by atoms with Gasteiger partial charge in [0.05, 0.1) is 11.1 Å². The van der Waals surface area contributed by atoms with Gasteiger partial charge in [0, 0.05) is 25.7 Å². The Kier molecular flexibility index (Phi) is 3.70. The van der Waals surface area contributed by atoms with Gasteiger partial charge in [-0.25, -0.2) is 0 Å². The molecule has 2 aliphatic heterocycles. The fourth-order valence-electron chi connectivity index (χ4n) is 2.99. The quantitative estimate of drug-likeness (QED) is 0.803. The number of hydrogen-bond acceptors (Lipinski definition) is 4. The SMILES string of the molecule is Cc1ccc2c(c1)C(=O)N(CC(=O)N1CCNC[C@@H]1C)C2=O. The summed E-state index contributed by atoms with van der Waals surface area (Å²) in [5, 5.41) is 3.21. The summed E-state index contributed by atoms with van der Waals surface area (Å²) in [7, 11) is 0. The molecule has 1 aromatic carbocycles. The van der Waals surface area contributed by atoms with Crippen molar-refractivity contribution < 1.29 is 14.4 Å². The van der Waals surface area contributed by atoms with Crippen molar-refractivity contribution in [3.8, 4) is 0 Å². The van der Waals surface area contributed by atoms with Crippen molar-refractivity contribution in [1.82, 2.24) is 15.1 Å². The molecule has 116 valence electrons. The van der Waals surface area contributed by atoms with Gasteiger partial charge in [0.15, 0.2) is 0 Å². The second kappa shape index (κ2) is 5.53. The van der Waals surface area contributed by atoms with Crippen molar-refractivity contribution in [2.24, 2.45) is 0 Å². The van der Waals surface area contributed by atoms with Crippen LogP contribution in [0.1, 0.15) is 33.2 Å². The van der Waals surface area contributed by atoms with Gasteiger partial charge in [0.2, 0.25) is 5.91 Å². The summed E-state index contributed by atoms with van der Waals surface area (Å²) >= 11 is 0. The molecule has 0 saturated carbocycles. The maximum Gasteiger partial charge on any atom is 0.262 e. The van der Waals surface area contributed by atoms with Crippen LogP contribution in [0.3, 0.4) is 0 Å². The fourth-order valence-corrected chi connectivity index (χ4v) is 2.99. The van der Waals surface area contributed by atoms with Gasteiger partial charge < -0.3 is 10.2 Å². The summed E-state index contributed by atoms with van der Waals surface area (Å²) in [6, 6.07) is 5.22. The predicted octanol–water partition coefficient (Wildman–Crippen LogP) is 0.411. The Bertz CT molecular complexity index is 656. The minimum absolute atomic E-state index is 0.0682. The average Bonchev–Trinajstić information content (AvgIpc) is 2.72. The molecule has 6 heteroatoms. The molecule has 2 aliphatic rings. The summed E-state index contributed by atoms with van der Waals surface area (Å²) in [6.45, 7) is 5.70. The van der Waals surface area contributed by atoms with E-state index in [1.807, 2.05) is 13.8 Å². The first-order valence-electron chi connectivity index (χ1n) is 7.46. The highest BCUT2D eigenvalue weighted by molar-refractivity contribution is 6.22. The molecule has 1 fully saturated rings. The van der Waals surface area contributed by atoms with Crippen LogP contribution >= 0.6 is 0 Å². The topological polar surface area (TPSA) is 69.7 Å². The number of benzene rings is 1. The van der Waals surface area contributed by atoms with Gasteiger partial charge >= 0.3 is 0 Å². The molecule has 0 spiro atoms. The third-order valence-corrected chi connectivity index (χ3v) is 4.24. The number of nitrogens with zero attached hydrogens (tertiary/aromatic N) is 2. The molecule has 1 aromatic rings. The van der Waals surface area contributed by atoms with Gasteiger partial charge in [-0.1, -0.05) is 11.6 Å². The van der Waals surface area contributed by atoms with Crippen LogP contribution in [0, 0.1) is 6.92 Å². The highest BCUT2D eigenvalue weighted by Gasteiger charge is 2.38. The van der Waals surface area contributed by atoms with E-state index in [1.54, 1.807) is 23.1 Å². The summed E-state index contributed by atoms with van der Waals surface area (Å²) in [5.74, 6) is -0.934. The number of nitrogens with one attached hydrogen (secondary N) is 1. The second-order valence-electron chi connectivity index (χ2n) is 5.89. The van der Waals surface area contributed by atoms with E-state index in [2.05, 4.69) is 5.32 Å². The summed E-state index contributed by atoms with van der Waals surface area (Å²) in [6.07, 6.45) is 0. The number of amides is 3. The predicted molar refractivity (Wildman–Crippen MR) is 80.6 cm³/mol. The van der Waals surface area contributed by atoms with E-state index in [1.165, 1.54) is 0 Å². The van der Waals surface area contributed by atoms with Gasteiger partial charge in [-0.3, -0.25) is 19.3 Å². The van der Waals surface area contributed by atoms with Crippen molar-refractivity contribution in [3.05, 3.63) is 34.9 Å². The lowest BCUT2D eigenvalue weighted by Gasteiger charge is -2.34. The number of carbonyl (C=O) groups excluding carboxylic acids is 3. The van der Waals surface area contributed by atoms with Crippen LogP contribution in [0.5, 0.6) is 0 Å². The van der Waals surface area contributed by atoms with Crippen LogP contribution in [-0.2, 0) is 4.79 Å². The minimum Gasteiger partial charge on any atom is -0.336 e. The van der Waals surface area contributed by atoms with Crippen LogP contribution in [0.25, 0.3) is 0 Å². The monoisotopic (exact) mass is 301 g/mol. The van der Waals surface area contributed by atoms with E-state index in [0.29, 0.717) is 17.7 Å². The molecule has 2 heterocycles. The summed E-state index contributed by atoms with van der Waals surface area (Å²) < 4.78 is 0. The molecule has 0 unspecified atom stereocenters. The molecule has 0 radical (unpaired) electrons. The van der Waals surface area contributed by atoms with Gasteiger partial charge in [0.25, 0.3) is 11.8 Å². The Morgan fingerprint density at radius 2 is 2.00 bits per heavy atom. The smallest absolute Gasteiger partial charge is 0.262 e. The number of fused-ring (bicyclic) bond motifs is 1. The summed E-state index contributed by atoms with van der Waals surface area (Å²) in [4.78, 5) is 39.9. The lowest BCUT2D eigenvalue weighted by Crippen LogP contribution is -2.55. The Balaban J connectivity index is 1.78. The van der Waals surface area contributed by atoms with Crippen LogP contribution < -0.4 is 5.32 Å². The van der Waals surface area contributed by atoms with Crippen LogP contribution in [0.4, 0.5) is 0 Å². The van der Waals surface area contributed by atoms with Crippen molar-refractivity contribution in [2.75, 3.05) is 26.2 Å². The fraction of sp³-hybridized carbons (Fsp3) is 0.438. The van der Waals surface area contributed by atoms with Crippen molar-refractivity contribution >= 4 is 17.7 Å². The van der Waals surface area contributed by atoms with E-state index in [9.17, 15) is 14.4 Å². The van der Waals surface area contributed by atoms with Gasteiger partial charge in [-0.2, -0.15) is 0 Å². The Morgan fingerprint density at radius 3 is 2.73 bits per heavy atom. The third kappa shape index (κ3) is 2.39. The second-order valence-corrected chi connectivity index (χ2v) is 5.89. The third-order valence-electron chi connectivity index (χ3n) is 4.24. The number of piperazine rings is 1. The zero-order valence-corrected chi connectivity index (χ0v) is 12.8. The highest BCUT2D eigenvalue weighted by atomic mass is 16.2. The molecule has 3 rings (SSSR count). The molecule has 1 N–H and O–H groups in total. The molecule has 6 nitrogen and oxygen atoms in total. The Morgan fingerprint density at radius 1 is 1.27 bits per heavy atom. The number of carbonyl (C=O) groups is 3. The standard InChI is InChI=1S/C16H19N3O3/c1-10-3-4-12-13(7-10)16(22)19(15(12)21)9-14(20)18-6-5-17-8-11(18)2/h3-4,7,11,17H,5-6,8-9H2,1-2H3/t11-/m0/s1. The van der Waals surface area contributed by atoms with Crippen molar-refractivity contribution in [2.45, 2.75) is 19.9 Å². The first-order chi connectivity index (χ1) is 10.5. The number of aryl methyl sites for hydroxylation is 1. The number of imide groups is 1. The lowest BCUT2D eigenvalue weighted by atomic mass is 10.1. The molecular formula is C16H19N3O3. The van der Waals surface area contributed by atoms with E-state index in [0.717, 1.165) is 23.6 Å². The molecule has 22 heavy (non-hydrogen) atoms. The van der Waals surface area contributed by atoms with E-state index >= 15 is 0 Å². The molecule has 0 aliphatic carbocycles. The molecular weight excluding hydrogens is 282 g/mol.